The van der Waals surface area contributed by atoms with Crippen LogP contribution < -0.4 is 5.32 Å². The molecule has 0 radical (unpaired) electrons. The molecule has 3 rings (SSSR count). The van der Waals surface area contributed by atoms with Crippen LogP contribution >= 0.6 is 0 Å². The Labute approximate surface area is 171 Å². The van der Waals surface area contributed by atoms with E-state index in [1.807, 2.05) is 13.0 Å². The van der Waals surface area contributed by atoms with E-state index < -0.39 is 12.1 Å². The first kappa shape index (κ1) is 23.6. The molecule has 5 nitrogen and oxygen atoms in total. The largest absolute Gasteiger partial charge is 0.490 e. The molecule has 0 atom stereocenters. The zero-order valence-corrected chi connectivity index (χ0v) is 16.6. The summed E-state index contributed by atoms with van der Waals surface area (Å²) in [5, 5.41) is 12.5. The number of carboxylic acid groups (broad SMARTS) is 1. The Bertz CT molecular complexity index is 921. The van der Waals surface area contributed by atoms with Gasteiger partial charge < -0.3 is 15.2 Å². The number of alkyl halides is 3. The molecule has 0 bridgehead atoms. The molecule has 0 spiro atoms. The van der Waals surface area contributed by atoms with E-state index >= 15 is 0 Å². The number of ether oxygens (including phenoxy) is 1. The number of carbonyl (C=O) groups is 2. The fourth-order valence-electron chi connectivity index (χ4n) is 3.61. The fourth-order valence-corrected chi connectivity index (χ4v) is 3.61. The maximum atomic E-state index is 13.8. The summed E-state index contributed by atoms with van der Waals surface area (Å²) >= 11 is 0. The van der Waals surface area contributed by atoms with Crippen LogP contribution in [0.5, 0.6) is 0 Å². The summed E-state index contributed by atoms with van der Waals surface area (Å²) in [5.74, 6) is -2.82. The van der Waals surface area contributed by atoms with Crippen LogP contribution in [0, 0.1) is 12.7 Å². The van der Waals surface area contributed by atoms with Gasteiger partial charge in [-0.05, 0) is 78.4 Å². The van der Waals surface area contributed by atoms with E-state index in [0.29, 0.717) is 5.92 Å². The van der Waals surface area contributed by atoms with Crippen LogP contribution in [0.15, 0.2) is 24.3 Å². The Morgan fingerprint density at radius 2 is 1.80 bits per heavy atom. The molecule has 0 saturated carbocycles. The Kier molecular flexibility index (Phi) is 7.77. The average Bonchev–Trinajstić information content (AvgIpc) is 2.69. The Balaban J connectivity index is 0.000000396. The van der Waals surface area contributed by atoms with Crippen molar-refractivity contribution in [3.63, 3.8) is 0 Å². The number of hydrogen-bond donors (Lipinski definition) is 2. The summed E-state index contributed by atoms with van der Waals surface area (Å²) in [7, 11) is 1.40. The van der Waals surface area contributed by atoms with E-state index in [4.69, 9.17) is 14.6 Å². The van der Waals surface area contributed by atoms with Gasteiger partial charge in [0.15, 0.2) is 0 Å². The molecule has 0 unspecified atom stereocenters. The molecule has 0 aromatic heterocycles. The minimum Gasteiger partial charge on any atom is -0.475 e. The van der Waals surface area contributed by atoms with Crippen LogP contribution in [-0.4, -0.2) is 43.4 Å². The van der Waals surface area contributed by atoms with Gasteiger partial charge in [-0.3, -0.25) is 4.79 Å². The molecule has 0 amide bonds. The number of halogens is 4. The number of esters is 1. The van der Waals surface area contributed by atoms with Gasteiger partial charge in [0.25, 0.3) is 0 Å². The highest BCUT2D eigenvalue weighted by Crippen LogP contribution is 2.36. The number of carboxylic acids is 1. The Morgan fingerprint density at radius 1 is 1.20 bits per heavy atom. The molecule has 1 fully saturated rings. The van der Waals surface area contributed by atoms with Gasteiger partial charge in [0.05, 0.1) is 13.5 Å². The highest BCUT2D eigenvalue weighted by atomic mass is 19.4. The quantitative estimate of drug-likeness (QED) is 0.568. The van der Waals surface area contributed by atoms with E-state index in [0.717, 1.165) is 47.8 Å². The van der Waals surface area contributed by atoms with Gasteiger partial charge in [-0.25, -0.2) is 9.18 Å². The number of aliphatic carboxylic acids is 1. The lowest BCUT2D eigenvalue weighted by Crippen LogP contribution is -2.27. The van der Waals surface area contributed by atoms with E-state index in [1.165, 1.54) is 18.7 Å². The third-order valence-corrected chi connectivity index (χ3v) is 5.07. The Morgan fingerprint density at radius 3 is 2.33 bits per heavy atom. The normalized spacial score (nSPS) is 14.7. The molecular weight excluding hydrogens is 406 g/mol. The van der Waals surface area contributed by atoms with E-state index in [1.54, 1.807) is 12.1 Å². The maximum Gasteiger partial charge on any atom is 0.490 e. The molecule has 0 aliphatic carbocycles. The number of carbonyl (C=O) groups excluding carboxylic acids is 1. The van der Waals surface area contributed by atoms with Crippen LogP contribution in [-0.2, 0) is 20.7 Å². The van der Waals surface area contributed by atoms with Crippen molar-refractivity contribution in [3.05, 3.63) is 46.8 Å². The first-order valence-corrected chi connectivity index (χ1v) is 9.33. The van der Waals surface area contributed by atoms with Gasteiger partial charge in [-0.1, -0.05) is 12.1 Å². The van der Waals surface area contributed by atoms with Crippen LogP contribution in [0.3, 0.4) is 0 Å². The summed E-state index contributed by atoms with van der Waals surface area (Å²) in [6, 6.07) is 6.90. The van der Waals surface area contributed by atoms with Crippen LogP contribution in [0.25, 0.3) is 10.8 Å². The molecule has 164 valence electrons. The molecule has 1 aliphatic heterocycles. The van der Waals surface area contributed by atoms with Crippen molar-refractivity contribution < 1.29 is 37.0 Å². The summed E-state index contributed by atoms with van der Waals surface area (Å²) in [6.45, 7) is 3.99. The first-order chi connectivity index (χ1) is 14.0. The van der Waals surface area contributed by atoms with Crippen LogP contribution in [0.2, 0.25) is 0 Å². The second kappa shape index (κ2) is 9.88. The second-order valence-corrected chi connectivity index (χ2v) is 7.02. The Hall–Kier alpha value is -2.68. The lowest BCUT2D eigenvalue weighted by molar-refractivity contribution is -0.192. The molecule has 2 N–H and O–H groups in total. The van der Waals surface area contributed by atoms with Crippen molar-refractivity contribution >= 4 is 22.7 Å². The van der Waals surface area contributed by atoms with Gasteiger partial charge in [0.1, 0.15) is 5.82 Å². The third kappa shape index (κ3) is 5.91. The predicted octanol–water partition coefficient (Wildman–Crippen LogP) is 4.10. The van der Waals surface area contributed by atoms with Crippen molar-refractivity contribution in [2.24, 2.45) is 0 Å². The number of fused-ring (bicyclic) bond motifs is 1. The number of hydrogen-bond acceptors (Lipinski definition) is 4. The summed E-state index contributed by atoms with van der Waals surface area (Å²) < 4.78 is 50.3. The maximum absolute atomic E-state index is 13.8. The van der Waals surface area contributed by atoms with Gasteiger partial charge in [-0.15, -0.1) is 0 Å². The average molecular weight is 429 g/mol. The van der Waals surface area contributed by atoms with Crippen molar-refractivity contribution in [1.29, 1.82) is 0 Å². The lowest BCUT2D eigenvalue weighted by atomic mass is 9.82. The summed E-state index contributed by atoms with van der Waals surface area (Å²) in [4.78, 5) is 20.6. The molecule has 2 aromatic carbocycles. The molecule has 1 aliphatic rings. The van der Waals surface area contributed by atoms with Gasteiger partial charge in [-0.2, -0.15) is 13.2 Å². The monoisotopic (exact) mass is 429 g/mol. The topological polar surface area (TPSA) is 75.6 Å². The van der Waals surface area contributed by atoms with Gasteiger partial charge >= 0.3 is 18.1 Å². The highest BCUT2D eigenvalue weighted by Gasteiger charge is 2.38. The highest BCUT2D eigenvalue weighted by molar-refractivity contribution is 5.89. The molecular formula is C21H23F4NO4. The van der Waals surface area contributed by atoms with E-state index in [-0.39, 0.29) is 18.2 Å². The van der Waals surface area contributed by atoms with Crippen molar-refractivity contribution in [1.82, 2.24) is 5.32 Å². The van der Waals surface area contributed by atoms with Gasteiger partial charge in [0.2, 0.25) is 0 Å². The minimum atomic E-state index is -5.08. The standard InChI is InChI=1S/C19H22FNO2.C2HF3O2/c1-12-15(10-18(22)23-2)9-14-3-4-16(20)11-17(14)19(12)13-5-7-21-8-6-13;3-2(4,5)1(6)7/h3-4,9,11,13,21H,5-8,10H2,1-2H3;(H,6,7). The van der Waals surface area contributed by atoms with Crippen molar-refractivity contribution in [2.75, 3.05) is 20.2 Å². The van der Waals surface area contributed by atoms with E-state index in [2.05, 4.69) is 5.32 Å². The van der Waals surface area contributed by atoms with Crippen molar-refractivity contribution in [2.45, 2.75) is 38.3 Å². The predicted molar refractivity (Wildman–Crippen MR) is 103 cm³/mol. The SMILES string of the molecule is COC(=O)Cc1cc2ccc(F)cc2c(C2CCNCC2)c1C.O=C(O)C(F)(F)F. The first-order valence-electron chi connectivity index (χ1n) is 9.33. The van der Waals surface area contributed by atoms with Crippen LogP contribution in [0.4, 0.5) is 17.6 Å². The van der Waals surface area contributed by atoms with Crippen molar-refractivity contribution in [3.8, 4) is 0 Å². The zero-order valence-electron chi connectivity index (χ0n) is 16.6. The number of rotatable bonds is 3. The molecule has 30 heavy (non-hydrogen) atoms. The summed E-state index contributed by atoms with van der Waals surface area (Å²) in [5.41, 5.74) is 3.27. The molecule has 9 heteroatoms. The number of methoxy groups -OCH3 is 1. The lowest BCUT2D eigenvalue weighted by Gasteiger charge is -2.27. The summed E-state index contributed by atoms with van der Waals surface area (Å²) in [6.07, 6.45) is -2.75. The number of piperidine rings is 1. The molecule has 1 saturated heterocycles. The third-order valence-electron chi connectivity index (χ3n) is 5.07. The zero-order chi connectivity index (χ0) is 22.5. The number of benzene rings is 2. The molecule has 1 heterocycles. The number of nitrogens with one attached hydrogen (secondary N) is 1. The van der Waals surface area contributed by atoms with Gasteiger partial charge in [0, 0.05) is 0 Å². The second-order valence-electron chi connectivity index (χ2n) is 7.02. The smallest absolute Gasteiger partial charge is 0.475 e. The fraction of sp³-hybridized carbons (Fsp3) is 0.429. The van der Waals surface area contributed by atoms with E-state index in [9.17, 15) is 22.4 Å². The van der Waals surface area contributed by atoms with Crippen LogP contribution in [0.1, 0.15) is 35.4 Å². The molecule has 2 aromatic rings. The minimum absolute atomic E-state index is 0.215.